The molecular formula is C35H58N2O6. The largest absolute Gasteiger partial charge is 0.493 e. The molecule has 0 saturated heterocycles. The van der Waals surface area contributed by atoms with Gasteiger partial charge in [-0.3, -0.25) is 9.59 Å². The third-order valence-electron chi connectivity index (χ3n) is 9.46. The highest BCUT2D eigenvalue weighted by atomic mass is 16.5. The molecule has 2 fully saturated rings. The number of hydrogen-bond acceptors (Lipinski definition) is 6. The van der Waals surface area contributed by atoms with Crippen LogP contribution in [0.3, 0.4) is 0 Å². The number of amides is 2. The first-order valence-corrected chi connectivity index (χ1v) is 16.6. The molecule has 1 aromatic carbocycles. The molecule has 1 aromatic rings. The van der Waals surface area contributed by atoms with Crippen LogP contribution in [0, 0.1) is 29.6 Å². The van der Waals surface area contributed by atoms with Gasteiger partial charge in [-0.05, 0) is 86.8 Å². The van der Waals surface area contributed by atoms with Crippen LogP contribution in [-0.2, 0) is 20.7 Å². The zero-order valence-electron chi connectivity index (χ0n) is 27.6. The number of nitrogens with one attached hydrogen (secondary N) is 2. The number of carbonyl (C=O) groups is 2. The maximum Gasteiger partial charge on any atom is 0.223 e. The van der Waals surface area contributed by atoms with Crippen molar-refractivity contribution in [2.75, 3.05) is 34.0 Å². The topological polar surface area (TPSA) is 106 Å². The smallest absolute Gasteiger partial charge is 0.223 e. The Morgan fingerprint density at radius 2 is 1.72 bits per heavy atom. The van der Waals surface area contributed by atoms with Crippen LogP contribution in [-0.4, -0.2) is 62.5 Å². The van der Waals surface area contributed by atoms with Gasteiger partial charge in [0.15, 0.2) is 11.5 Å². The Balaban J connectivity index is 1.53. The third kappa shape index (κ3) is 11.3. The molecule has 0 spiro atoms. The lowest BCUT2D eigenvalue weighted by Gasteiger charge is -2.32. The summed E-state index contributed by atoms with van der Waals surface area (Å²) in [5, 5.41) is 17.6. The number of methoxy groups -OCH3 is 2. The summed E-state index contributed by atoms with van der Waals surface area (Å²) in [4.78, 5) is 25.9. The van der Waals surface area contributed by atoms with Crippen molar-refractivity contribution < 1.29 is 28.9 Å². The van der Waals surface area contributed by atoms with E-state index in [2.05, 4.69) is 36.6 Å². The molecule has 2 aliphatic carbocycles. The predicted molar refractivity (Wildman–Crippen MR) is 170 cm³/mol. The van der Waals surface area contributed by atoms with E-state index in [-0.39, 0.29) is 35.1 Å². The molecule has 0 bridgehead atoms. The minimum absolute atomic E-state index is 0.0160. The molecule has 8 heteroatoms. The summed E-state index contributed by atoms with van der Waals surface area (Å²) in [7, 11) is 3.34. The second-order valence-electron chi connectivity index (χ2n) is 13.7. The third-order valence-corrected chi connectivity index (χ3v) is 9.46. The van der Waals surface area contributed by atoms with Gasteiger partial charge in [0, 0.05) is 38.5 Å². The summed E-state index contributed by atoms with van der Waals surface area (Å²) in [6.07, 6.45) is 9.02. The molecule has 2 saturated carbocycles. The fraction of sp³-hybridized carbons (Fsp3) is 0.771. The van der Waals surface area contributed by atoms with Crippen LogP contribution in [0.1, 0.15) is 97.5 Å². The van der Waals surface area contributed by atoms with Gasteiger partial charge in [0.25, 0.3) is 0 Å². The second-order valence-corrected chi connectivity index (χ2v) is 13.7. The molecule has 3 rings (SSSR count). The van der Waals surface area contributed by atoms with E-state index in [1.807, 2.05) is 19.9 Å². The fourth-order valence-electron chi connectivity index (χ4n) is 6.31. The summed E-state index contributed by atoms with van der Waals surface area (Å²) in [6.45, 7) is 10.2. The molecule has 8 nitrogen and oxygen atoms in total. The van der Waals surface area contributed by atoms with Crippen molar-refractivity contribution in [1.82, 2.24) is 10.6 Å². The van der Waals surface area contributed by atoms with Crippen LogP contribution in [0.5, 0.6) is 11.5 Å². The van der Waals surface area contributed by atoms with Crippen molar-refractivity contribution >= 4 is 11.8 Å². The van der Waals surface area contributed by atoms with Crippen LogP contribution in [0.4, 0.5) is 0 Å². The summed E-state index contributed by atoms with van der Waals surface area (Å²) >= 11 is 0. The molecule has 0 radical (unpaired) electrons. The molecule has 2 amide bonds. The Morgan fingerprint density at radius 1 is 1.00 bits per heavy atom. The number of hydrogen-bond donors (Lipinski definition) is 3. The van der Waals surface area contributed by atoms with Crippen molar-refractivity contribution in [2.24, 2.45) is 29.6 Å². The Morgan fingerprint density at radius 3 is 2.33 bits per heavy atom. The van der Waals surface area contributed by atoms with E-state index in [0.717, 1.165) is 69.3 Å². The zero-order valence-corrected chi connectivity index (χ0v) is 27.6. The van der Waals surface area contributed by atoms with Crippen molar-refractivity contribution in [3.63, 3.8) is 0 Å². The summed E-state index contributed by atoms with van der Waals surface area (Å²) in [6, 6.07) is 6.13. The first-order chi connectivity index (χ1) is 20.6. The molecule has 43 heavy (non-hydrogen) atoms. The predicted octanol–water partition coefficient (Wildman–Crippen LogP) is 5.68. The van der Waals surface area contributed by atoms with Gasteiger partial charge in [0.1, 0.15) is 0 Å². The standard InChI is InChI=1S/C35H58N2O6/c1-24(2)28(20-26-10-15-31(42-6)32(21-26)43-19-9-18-41-5)13-14-29(38)22-30(25(3)4)34(40)36-23-35(16-7-8-17-35)37-33(39)27-11-12-27/h10,15,21,24-25,27-30,38H,7-9,11-14,16-20,22-23H2,1-6H3,(H,36,40)(H,37,39)/t28?,29-,30?/m1/s1. The van der Waals surface area contributed by atoms with E-state index < -0.39 is 6.10 Å². The quantitative estimate of drug-likeness (QED) is 0.166. The van der Waals surface area contributed by atoms with Gasteiger partial charge in [-0.25, -0.2) is 0 Å². The Bertz CT molecular complexity index is 1000. The Kier molecular flexibility index (Phi) is 14.1. The monoisotopic (exact) mass is 602 g/mol. The average Bonchev–Trinajstić information content (AvgIpc) is 3.74. The highest BCUT2D eigenvalue weighted by molar-refractivity contribution is 5.82. The molecule has 0 heterocycles. The fourth-order valence-corrected chi connectivity index (χ4v) is 6.31. The minimum Gasteiger partial charge on any atom is -0.493 e. The van der Waals surface area contributed by atoms with Crippen molar-refractivity contribution in [1.29, 1.82) is 0 Å². The van der Waals surface area contributed by atoms with E-state index in [4.69, 9.17) is 14.2 Å². The van der Waals surface area contributed by atoms with Gasteiger partial charge in [-0.2, -0.15) is 0 Å². The van der Waals surface area contributed by atoms with E-state index in [0.29, 0.717) is 44.4 Å². The van der Waals surface area contributed by atoms with Crippen molar-refractivity contribution in [2.45, 2.75) is 110 Å². The van der Waals surface area contributed by atoms with E-state index >= 15 is 0 Å². The maximum atomic E-state index is 13.4. The molecule has 2 unspecified atom stereocenters. The number of ether oxygens (including phenoxy) is 3. The Hall–Kier alpha value is -2.32. The molecule has 2 aliphatic rings. The second kappa shape index (κ2) is 17.2. The molecular weight excluding hydrogens is 544 g/mol. The van der Waals surface area contributed by atoms with Crippen molar-refractivity contribution in [3.8, 4) is 11.5 Å². The highest BCUT2D eigenvalue weighted by Gasteiger charge is 2.40. The SMILES string of the molecule is COCCCOc1cc(CC(CC[C@@H](O)CC(C(=O)NCC2(NC(=O)C3CC3)CCCC2)C(C)C)C(C)C)ccc1OC. The van der Waals surface area contributed by atoms with Crippen molar-refractivity contribution in [3.05, 3.63) is 23.8 Å². The zero-order chi connectivity index (χ0) is 31.4. The van der Waals surface area contributed by atoms with Crippen LogP contribution in [0.15, 0.2) is 18.2 Å². The molecule has 0 aliphatic heterocycles. The van der Waals surface area contributed by atoms with Gasteiger partial charge >= 0.3 is 0 Å². The number of aliphatic hydroxyl groups excluding tert-OH is 1. The Labute approximate surface area is 260 Å². The first-order valence-electron chi connectivity index (χ1n) is 16.6. The lowest BCUT2D eigenvalue weighted by Crippen LogP contribution is -2.55. The first kappa shape index (κ1) is 35.2. The molecule has 3 atom stereocenters. The lowest BCUT2D eigenvalue weighted by atomic mass is 9.82. The number of rotatable bonds is 20. The molecule has 244 valence electrons. The summed E-state index contributed by atoms with van der Waals surface area (Å²) in [5.74, 6) is 2.42. The minimum atomic E-state index is -0.551. The van der Waals surface area contributed by atoms with Gasteiger partial charge in [0.05, 0.1) is 25.4 Å². The summed E-state index contributed by atoms with van der Waals surface area (Å²) in [5.41, 5.74) is 0.862. The average molecular weight is 603 g/mol. The molecule has 0 aromatic heterocycles. The maximum absolute atomic E-state index is 13.4. The molecule has 3 N–H and O–H groups in total. The van der Waals surface area contributed by atoms with Gasteiger partial charge in [0.2, 0.25) is 11.8 Å². The van der Waals surface area contributed by atoms with Crippen LogP contribution >= 0.6 is 0 Å². The van der Waals surface area contributed by atoms with Gasteiger partial charge in [-0.15, -0.1) is 0 Å². The number of aliphatic hydroxyl groups is 1. The normalized spacial score (nSPS) is 18.3. The number of benzene rings is 1. The number of carbonyl (C=O) groups excluding carboxylic acids is 2. The van der Waals surface area contributed by atoms with E-state index in [1.54, 1.807) is 14.2 Å². The van der Waals surface area contributed by atoms with Gasteiger partial charge < -0.3 is 30.0 Å². The van der Waals surface area contributed by atoms with Crippen LogP contribution in [0.25, 0.3) is 0 Å². The highest BCUT2D eigenvalue weighted by Crippen LogP contribution is 2.35. The van der Waals surface area contributed by atoms with Crippen LogP contribution in [0.2, 0.25) is 0 Å². The van der Waals surface area contributed by atoms with Crippen LogP contribution < -0.4 is 20.1 Å². The van der Waals surface area contributed by atoms with E-state index in [9.17, 15) is 14.7 Å². The van der Waals surface area contributed by atoms with E-state index in [1.165, 1.54) is 5.56 Å². The lowest BCUT2D eigenvalue weighted by molar-refractivity contribution is -0.129. The van der Waals surface area contributed by atoms with Gasteiger partial charge in [-0.1, -0.05) is 46.6 Å². The summed E-state index contributed by atoms with van der Waals surface area (Å²) < 4.78 is 16.6.